The summed E-state index contributed by atoms with van der Waals surface area (Å²) >= 11 is 0. The van der Waals surface area contributed by atoms with Crippen molar-refractivity contribution in [3.05, 3.63) is 88.6 Å². The minimum absolute atomic E-state index is 0.0556. The van der Waals surface area contributed by atoms with Gasteiger partial charge in [-0.15, -0.1) is 0 Å². The molecule has 2 aliphatic carbocycles. The first-order chi connectivity index (χ1) is 23.1. The van der Waals surface area contributed by atoms with E-state index >= 15 is 0 Å². The topological polar surface area (TPSA) is 109 Å². The van der Waals surface area contributed by atoms with Crippen LogP contribution in [-0.4, -0.2) is 51.5 Å². The Labute approximate surface area is 278 Å². The number of carbonyl (C=O) groups is 2. The summed E-state index contributed by atoms with van der Waals surface area (Å²) in [6.07, 6.45) is 0.593. The van der Waals surface area contributed by atoms with E-state index in [1.807, 2.05) is 54.6 Å². The van der Waals surface area contributed by atoms with E-state index in [0.717, 1.165) is 59.4 Å². The number of nitrogens with zero attached hydrogens (tertiary/aromatic N) is 2. The zero-order valence-corrected chi connectivity index (χ0v) is 27.0. The zero-order valence-electron chi connectivity index (χ0n) is 27.0. The lowest BCUT2D eigenvalue weighted by Crippen LogP contribution is -2.34. The number of unbranched alkanes of at least 4 members (excludes halogenated alkanes) is 1. The first-order valence-electron chi connectivity index (χ1n) is 16.8. The average Bonchev–Trinajstić information content (AvgIpc) is 3.06. The molecule has 2 aromatic carbocycles. The van der Waals surface area contributed by atoms with Crippen LogP contribution in [0.1, 0.15) is 97.7 Å². The van der Waals surface area contributed by atoms with Crippen molar-refractivity contribution < 1.29 is 42.4 Å². The highest BCUT2D eigenvalue weighted by atomic mass is 19.4. The highest BCUT2D eigenvalue weighted by molar-refractivity contribution is 5.66. The summed E-state index contributed by atoms with van der Waals surface area (Å²) in [4.78, 5) is 29.0. The molecule has 2 N–H and O–H groups in total. The molecule has 1 fully saturated rings. The first kappa shape index (κ1) is 35.2. The Morgan fingerprint density at radius 2 is 1.65 bits per heavy atom. The van der Waals surface area contributed by atoms with E-state index in [9.17, 15) is 22.8 Å². The lowest BCUT2D eigenvalue weighted by molar-refractivity contribution is -0.182. The van der Waals surface area contributed by atoms with Crippen molar-refractivity contribution in [2.24, 2.45) is 5.92 Å². The number of aromatic nitrogens is 1. The van der Waals surface area contributed by atoms with E-state index in [1.54, 1.807) is 6.07 Å². The number of para-hydroxylation sites is 1. The molecule has 1 unspecified atom stereocenters. The number of pyridine rings is 1. The van der Waals surface area contributed by atoms with Gasteiger partial charge in [-0.25, -0.2) is 9.78 Å². The van der Waals surface area contributed by atoms with Crippen molar-refractivity contribution >= 4 is 12.1 Å². The van der Waals surface area contributed by atoms with Crippen molar-refractivity contribution in [3.8, 4) is 11.6 Å². The Kier molecular flexibility index (Phi) is 12.0. The molecule has 48 heavy (non-hydrogen) atoms. The smallest absolute Gasteiger partial charge is 0.489 e. The number of aliphatic carboxylic acids is 1. The summed E-state index contributed by atoms with van der Waals surface area (Å²) in [5, 5.41) is 18.2. The number of ether oxygens (including phenoxy) is 2. The second-order valence-corrected chi connectivity index (χ2v) is 12.8. The van der Waals surface area contributed by atoms with Gasteiger partial charge < -0.3 is 19.7 Å². The number of hydrogen-bond donors (Lipinski definition) is 2. The second-order valence-electron chi connectivity index (χ2n) is 12.8. The van der Waals surface area contributed by atoms with Gasteiger partial charge in [0.2, 0.25) is 5.88 Å². The second kappa shape index (κ2) is 16.3. The molecular formula is C37H43F3N2O6. The zero-order chi connectivity index (χ0) is 34.1. The van der Waals surface area contributed by atoms with Gasteiger partial charge >= 0.3 is 18.3 Å². The molecule has 8 nitrogen and oxygen atoms in total. The summed E-state index contributed by atoms with van der Waals surface area (Å²) in [6, 6.07) is 19.5. The number of rotatable bonds is 14. The number of carboxylic acid groups (broad SMARTS) is 2. The molecule has 0 radical (unpaired) electrons. The van der Waals surface area contributed by atoms with Crippen LogP contribution in [-0.2, 0) is 24.2 Å². The van der Waals surface area contributed by atoms with Gasteiger partial charge in [0.25, 0.3) is 0 Å². The molecular weight excluding hydrogens is 625 g/mol. The lowest BCUT2D eigenvalue weighted by atomic mass is 9.78. The normalized spacial score (nSPS) is 19.5. The van der Waals surface area contributed by atoms with Gasteiger partial charge in [0.05, 0.1) is 5.92 Å². The van der Waals surface area contributed by atoms with E-state index in [-0.39, 0.29) is 37.1 Å². The maximum absolute atomic E-state index is 13.1. The van der Waals surface area contributed by atoms with Crippen LogP contribution in [0.25, 0.3) is 0 Å². The Bertz CT molecular complexity index is 1520. The van der Waals surface area contributed by atoms with Crippen LogP contribution in [0.3, 0.4) is 0 Å². The molecule has 0 saturated heterocycles. The highest BCUT2D eigenvalue weighted by Gasteiger charge is 2.41. The van der Waals surface area contributed by atoms with Gasteiger partial charge in [-0.1, -0.05) is 48.5 Å². The van der Waals surface area contributed by atoms with Gasteiger partial charge in [0.15, 0.2) is 0 Å². The Morgan fingerprint density at radius 3 is 2.35 bits per heavy atom. The number of carboxylic acids is 1. The summed E-state index contributed by atoms with van der Waals surface area (Å²) in [5.74, 6) is -1.01. The van der Waals surface area contributed by atoms with Crippen LogP contribution in [0.2, 0.25) is 0 Å². The lowest BCUT2D eigenvalue weighted by Gasteiger charge is -2.36. The molecule has 1 aromatic heterocycles. The Balaban J connectivity index is 1.22. The van der Waals surface area contributed by atoms with Crippen molar-refractivity contribution in [1.29, 1.82) is 0 Å². The molecule has 1 atom stereocenters. The summed E-state index contributed by atoms with van der Waals surface area (Å²) in [6.45, 7) is 1.77. The monoisotopic (exact) mass is 668 g/mol. The van der Waals surface area contributed by atoms with Crippen molar-refractivity contribution in [1.82, 2.24) is 9.88 Å². The third-order valence-electron chi connectivity index (χ3n) is 9.63. The third kappa shape index (κ3) is 9.71. The average molecular weight is 669 g/mol. The molecule has 1 heterocycles. The van der Waals surface area contributed by atoms with Crippen molar-refractivity contribution in [3.63, 3.8) is 0 Å². The molecule has 1 saturated carbocycles. The van der Waals surface area contributed by atoms with E-state index in [2.05, 4.69) is 9.88 Å². The molecule has 5 rings (SSSR count). The van der Waals surface area contributed by atoms with Crippen LogP contribution >= 0.6 is 0 Å². The predicted molar refractivity (Wildman–Crippen MR) is 173 cm³/mol. The number of aryl methyl sites for hydroxylation is 1. The van der Waals surface area contributed by atoms with Crippen molar-refractivity contribution in [2.75, 3.05) is 13.1 Å². The quantitative estimate of drug-likeness (QED) is 0.130. The minimum atomic E-state index is -4.10. The van der Waals surface area contributed by atoms with Crippen LogP contribution in [0.15, 0.2) is 60.7 Å². The van der Waals surface area contributed by atoms with Crippen LogP contribution < -0.4 is 9.47 Å². The number of benzene rings is 2. The fraction of sp³-hybridized carbons (Fsp3) is 0.486. The number of fused-ring (bicyclic) bond motifs is 1. The fourth-order valence-corrected chi connectivity index (χ4v) is 7.07. The van der Waals surface area contributed by atoms with Gasteiger partial charge in [0.1, 0.15) is 12.4 Å². The number of alkyl halides is 3. The van der Waals surface area contributed by atoms with Crippen LogP contribution in [0.4, 0.5) is 18.0 Å². The van der Waals surface area contributed by atoms with Crippen molar-refractivity contribution in [2.45, 2.75) is 95.4 Å². The third-order valence-corrected chi connectivity index (χ3v) is 9.63. The predicted octanol–water partition coefficient (Wildman–Crippen LogP) is 8.73. The highest BCUT2D eigenvalue weighted by Crippen LogP contribution is 2.43. The summed E-state index contributed by atoms with van der Waals surface area (Å²) in [7, 11) is 0. The van der Waals surface area contributed by atoms with Gasteiger partial charge in [-0.05, 0) is 105 Å². The molecule has 0 aliphatic heterocycles. The van der Waals surface area contributed by atoms with E-state index < -0.39 is 24.2 Å². The Morgan fingerprint density at radius 1 is 0.896 bits per heavy atom. The van der Waals surface area contributed by atoms with E-state index in [4.69, 9.17) is 19.7 Å². The summed E-state index contributed by atoms with van der Waals surface area (Å²) in [5.41, 5.74) is 4.97. The molecule has 0 bridgehead atoms. The SMILES string of the molecule is O=C(O)CCCCN(CCc1ccccc1OCc1ccc([C@H]2CC[C@H](C(F)(F)F)CC2)cc1)C1CCCc2nc(OC(=O)O)ccc21. The fourth-order valence-electron chi connectivity index (χ4n) is 7.07. The maximum atomic E-state index is 13.1. The maximum Gasteiger partial charge on any atom is 0.512 e. The van der Waals surface area contributed by atoms with Crippen LogP contribution in [0, 0.1) is 5.92 Å². The van der Waals surface area contributed by atoms with Gasteiger partial charge in [-0.3, -0.25) is 9.69 Å². The number of halogens is 3. The van der Waals surface area contributed by atoms with Gasteiger partial charge in [-0.2, -0.15) is 13.2 Å². The standard InChI is InChI=1S/C37H43F3N2O6/c38-37(39,40)29-17-15-27(16-18-29)26-13-11-25(12-14-26)24-47-33-9-2-1-6-28(33)21-23-42(22-4-3-10-35(43)44)32-8-5-7-31-30(32)19-20-34(41-31)48-36(45)46/h1-2,6,9,11-14,19-20,27,29,32H,3-5,7-8,10,15-18,21-24H2,(H,43,44)(H,45,46)/t27-,29-,32?. The van der Waals surface area contributed by atoms with Crippen LogP contribution in [0.5, 0.6) is 11.6 Å². The minimum Gasteiger partial charge on any atom is -0.489 e. The first-order valence-corrected chi connectivity index (χ1v) is 16.8. The Hall–Kier alpha value is -4.12. The molecule has 0 spiro atoms. The number of hydrogen-bond acceptors (Lipinski definition) is 6. The molecule has 2 aliphatic rings. The summed E-state index contributed by atoms with van der Waals surface area (Å²) < 4.78 is 50.3. The van der Waals surface area contributed by atoms with E-state index in [1.165, 1.54) is 0 Å². The molecule has 11 heteroatoms. The molecule has 3 aromatic rings. The van der Waals surface area contributed by atoms with Gasteiger partial charge in [0, 0.05) is 30.8 Å². The molecule has 0 amide bonds. The van der Waals surface area contributed by atoms with E-state index in [0.29, 0.717) is 45.4 Å². The largest absolute Gasteiger partial charge is 0.512 e. The molecule has 258 valence electrons.